The Morgan fingerprint density at radius 3 is 2.67 bits per heavy atom. The van der Waals surface area contributed by atoms with Crippen LogP contribution in [-0.2, 0) is 23.8 Å². The van der Waals surface area contributed by atoms with Crippen LogP contribution in [0.4, 0.5) is 0 Å². The standard InChI is InChI=1S/C15H19NO5/c1-4-18-14-13-12(19-15(2,17-3)20-13)11(16-21-14)10-8-6-5-7-9-10/h5-9,12-14H,4H2,1-3H3/t12-,13-,14-,15?/m1/s1. The molecule has 0 saturated carbocycles. The summed E-state index contributed by atoms with van der Waals surface area (Å²) in [5, 5.41) is 4.17. The summed E-state index contributed by atoms with van der Waals surface area (Å²) in [6, 6.07) is 9.72. The van der Waals surface area contributed by atoms with Crippen molar-refractivity contribution in [3.05, 3.63) is 35.9 Å². The van der Waals surface area contributed by atoms with Gasteiger partial charge in [0.15, 0.2) is 6.10 Å². The molecule has 0 spiro atoms. The summed E-state index contributed by atoms with van der Waals surface area (Å²) in [5.74, 6) is -1.13. The highest BCUT2D eigenvalue weighted by atomic mass is 16.9. The second kappa shape index (κ2) is 5.73. The van der Waals surface area contributed by atoms with Gasteiger partial charge in [-0.15, -0.1) is 0 Å². The van der Waals surface area contributed by atoms with Crippen LogP contribution in [0.5, 0.6) is 0 Å². The van der Waals surface area contributed by atoms with Gasteiger partial charge in [0.1, 0.15) is 11.8 Å². The van der Waals surface area contributed by atoms with Gasteiger partial charge in [-0.25, -0.2) is 0 Å². The van der Waals surface area contributed by atoms with Crippen molar-refractivity contribution in [2.75, 3.05) is 13.7 Å². The highest BCUT2D eigenvalue weighted by Gasteiger charge is 2.54. The second-order valence-corrected chi connectivity index (χ2v) is 4.96. The summed E-state index contributed by atoms with van der Waals surface area (Å²) < 4.78 is 22.6. The third-order valence-electron chi connectivity index (χ3n) is 3.55. The van der Waals surface area contributed by atoms with Gasteiger partial charge in [0.25, 0.3) is 12.3 Å². The van der Waals surface area contributed by atoms with Crippen LogP contribution in [0.1, 0.15) is 19.4 Å². The molecule has 0 radical (unpaired) electrons. The number of ether oxygens (including phenoxy) is 4. The zero-order valence-corrected chi connectivity index (χ0v) is 12.3. The molecule has 4 atom stereocenters. The van der Waals surface area contributed by atoms with Gasteiger partial charge in [0.05, 0.1) is 0 Å². The van der Waals surface area contributed by atoms with Crippen LogP contribution in [0, 0.1) is 0 Å². The maximum absolute atomic E-state index is 5.91. The van der Waals surface area contributed by atoms with E-state index in [1.165, 1.54) is 7.11 Å². The maximum atomic E-state index is 5.91. The fourth-order valence-corrected chi connectivity index (χ4v) is 2.48. The van der Waals surface area contributed by atoms with Gasteiger partial charge in [0.2, 0.25) is 0 Å². The summed E-state index contributed by atoms with van der Waals surface area (Å²) in [6.45, 7) is 4.11. The molecule has 0 aliphatic carbocycles. The quantitative estimate of drug-likeness (QED) is 0.848. The Hall–Kier alpha value is -1.47. The monoisotopic (exact) mass is 293 g/mol. The van der Waals surface area contributed by atoms with E-state index in [1.807, 2.05) is 37.3 Å². The van der Waals surface area contributed by atoms with E-state index in [9.17, 15) is 0 Å². The van der Waals surface area contributed by atoms with Crippen LogP contribution in [0.25, 0.3) is 0 Å². The van der Waals surface area contributed by atoms with Crippen molar-refractivity contribution in [2.45, 2.75) is 38.3 Å². The summed E-state index contributed by atoms with van der Waals surface area (Å²) >= 11 is 0. The van der Waals surface area contributed by atoms with E-state index in [2.05, 4.69) is 5.16 Å². The molecule has 21 heavy (non-hydrogen) atoms. The van der Waals surface area contributed by atoms with Crippen molar-refractivity contribution in [3.8, 4) is 0 Å². The average molecular weight is 293 g/mol. The van der Waals surface area contributed by atoms with Crippen LogP contribution < -0.4 is 0 Å². The molecule has 6 heteroatoms. The van der Waals surface area contributed by atoms with E-state index in [0.29, 0.717) is 12.3 Å². The SMILES string of the molecule is CCO[C@@H]1ON=C(c2ccccc2)[C@H]2OC(C)(OC)O[C@@H]12. The predicted molar refractivity (Wildman–Crippen MR) is 74.6 cm³/mol. The Kier molecular flexibility index (Phi) is 3.95. The van der Waals surface area contributed by atoms with E-state index in [4.69, 9.17) is 23.8 Å². The van der Waals surface area contributed by atoms with Crippen LogP contribution >= 0.6 is 0 Å². The molecule has 1 aromatic rings. The number of hydrogen-bond acceptors (Lipinski definition) is 6. The molecule has 0 aromatic heterocycles. The zero-order valence-electron chi connectivity index (χ0n) is 12.3. The molecule has 2 heterocycles. The molecule has 1 unspecified atom stereocenters. The number of hydrogen-bond donors (Lipinski definition) is 0. The van der Waals surface area contributed by atoms with Gasteiger partial charge < -0.3 is 23.8 Å². The minimum atomic E-state index is -1.13. The Bertz CT molecular complexity index is 520. The second-order valence-electron chi connectivity index (χ2n) is 4.96. The molecular formula is C15H19NO5. The van der Waals surface area contributed by atoms with E-state index >= 15 is 0 Å². The minimum Gasteiger partial charge on any atom is -0.360 e. The number of fused-ring (bicyclic) bond motifs is 1. The van der Waals surface area contributed by atoms with E-state index in [1.54, 1.807) is 6.92 Å². The molecule has 114 valence electrons. The first-order valence-electron chi connectivity index (χ1n) is 6.98. The third kappa shape index (κ3) is 2.67. The summed E-state index contributed by atoms with van der Waals surface area (Å²) in [6.07, 6.45) is -1.44. The first-order valence-corrected chi connectivity index (χ1v) is 6.98. The molecule has 0 N–H and O–H groups in total. The highest BCUT2D eigenvalue weighted by molar-refractivity contribution is 6.04. The fraction of sp³-hybridized carbons (Fsp3) is 0.533. The summed E-state index contributed by atoms with van der Waals surface area (Å²) in [7, 11) is 1.53. The Morgan fingerprint density at radius 1 is 1.24 bits per heavy atom. The van der Waals surface area contributed by atoms with Crippen molar-refractivity contribution >= 4 is 5.71 Å². The normalized spacial score (nSPS) is 35.0. The largest absolute Gasteiger partial charge is 0.360 e. The number of benzene rings is 1. The zero-order chi connectivity index (χ0) is 14.9. The van der Waals surface area contributed by atoms with Crippen molar-refractivity contribution < 1.29 is 23.8 Å². The molecule has 0 bridgehead atoms. The molecule has 1 aromatic carbocycles. The van der Waals surface area contributed by atoms with E-state index < -0.39 is 24.5 Å². The third-order valence-corrected chi connectivity index (χ3v) is 3.55. The molecule has 1 fully saturated rings. The number of oxime groups is 1. The molecule has 0 amide bonds. The first kappa shape index (κ1) is 14.5. The van der Waals surface area contributed by atoms with Gasteiger partial charge >= 0.3 is 0 Å². The van der Waals surface area contributed by atoms with Gasteiger partial charge in [0, 0.05) is 26.2 Å². The topological polar surface area (TPSA) is 58.5 Å². The smallest absolute Gasteiger partial charge is 0.280 e. The van der Waals surface area contributed by atoms with Crippen molar-refractivity contribution in [1.82, 2.24) is 0 Å². The Morgan fingerprint density at radius 2 is 2.00 bits per heavy atom. The number of nitrogens with zero attached hydrogens (tertiary/aromatic N) is 1. The van der Waals surface area contributed by atoms with Gasteiger partial charge in [-0.05, 0) is 6.92 Å². The maximum Gasteiger partial charge on any atom is 0.280 e. The molecule has 2 aliphatic rings. The Labute approximate surface area is 123 Å². The predicted octanol–water partition coefficient (Wildman–Crippen LogP) is 1.89. The van der Waals surface area contributed by atoms with Gasteiger partial charge in [-0.2, -0.15) is 0 Å². The minimum absolute atomic E-state index is 0.400. The molecule has 1 saturated heterocycles. The van der Waals surface area contributed by atoms with Crippen LogP contribution in [-0.4, -0.2) is 43.9 Å². The lowest BCUT2D eigenvalue weighted by molar-refractivity contribution is -0.326. The van der Waals surface area contributed by atoms with Crippen LogP contribution in [0.15, 0.2) is 35.5 Å². The van der Waals surface area contributed by atoms with Crippen LogP contribution in [0.3, 0.4) is 0 Å². The summed E-state index contributed by atoms with van der Waals surface area (Å²) in [5.41, 5.74) is 1.60. The van der Waals surface area contributed by atoms with Crippen molar-refractivity contribution in [2.24, 2.45) is 5.16 Å². The fourth-order valence-electron chi connectivity index (χ4n) is 2.48. The lowest BCUT2D eigenvalue weighted by atomic mass is 10.0. The lowest BCUT2D eigenvalue weighted by Gasteiger charge is -2.29. The van der Waals surface area contributed by atoms with Crippen LogP contribution in [0.2, 0.25) is 0 Å². The first-order chi connectivity index (χ1) is 10.2. The number of rotatable bonds is 4. The molecular weight excluding hydrogens is 274 g/mol. The average Bonchev–Trinajstić information content (AvgIpc) is 2.87. The number of methoxy groups -OCH3 is 1. The van der Waals surface area contributed by atoms with E-state index in [-0.39, 0.29) is 0 Å². The lowest BCUT2D eigenvalue weighted by Crippen LogP contribution is -2.46. The van der Waals surface area contributed by atoms with Crippen molar-refractivity contribution in [1.29, 1.82) is 0 Å². The summed E-state index contributed by atoms with van der Waals surface area (Å²) in [4.78, 5) is 5.44. The molecule has 3 rings (SSSR count). The molecule has 2 aliphatic heterocycles. The van der Waals surface area contributed by atoms with Gasteiger partial charge in [-0.3, -0.25) is 0 Å². The van der Waals surface area contributed by atoms with E-state index in [0.717, 1.165) is 5.56 Å². The van der Waals surface area contributed by atoms with Gasteiger partial charge in [-0.1, -0.05) is 35.5 Å². The van der Waals surface area contributed by atoms with Crippen molar-refractivity contribution in [3.63, 3.8) is 0 Å². The molecule has 6 nitrogen and oxygen atoms in total. The highest BCUT2D eigenvalue weighted by Crippen LogP contribution is 2.36. The Balaban J connectivity index is 1.92.